The van der Waals surface area contributed by atoms with E-state index in [4.69, 9.17) is 9.47 Å². The van der Waals surface area contributed by atoms with E-state index < -0.39 is 13.9 Å². The van der Waals surface area contributed by atoms with Crippen molar-refractivity contribution in [3.63, 3.8) is 0 Å². The zero-order chi connectivity index (χ0) is 25.6. The average molecular weight is 509 g/mol. The molecule has 4 aromatic rings. The van der Waals surface area contributed by atoms with Gasteiger partial charge in [0.25, 0.3) is 0 Å². The van der Waals surface area contributed by atoms with E-state index in [-0.39, 0.29) is 5.41 Å². The lowest BCUT2D eigenvalue weighted by Crippen LogP contribution is -2.32. The van der Waals surface area contributed by atoms with Gasteiger partial charge in [0.1, 0.15) is 11.5 Å². The molecule has 0 bridgehead atoms. The fourth-order valence-electron chi connectivity index (χ4n) is 6.42. The number of hydrogen-bond acceptors (Lipinski definition) is 3. The molecule has 186 valence electrons. The summed E-state index contributed by atoms with van der Waals surface area (Å²) in [5, 5.41) is 13.9. The minimum absolute atomic E-state index is 0.268. The van der Waals surface area contributed by atoms with Crippen LogP contribution in [0, 0.1) is 0 Å². The molecule has 5 heteroatoms. The second-order valence-electron chi connectivity index (χ2n) is 9.77. The van der Waals surface area contributed by atoms with Gasteiger partial charge in [-0.2, -0.15) is 0 Å². The Morgan fingerprint density at radius 2 is 1.24 bits per heavy atom. The predicted molar refractivity (Wildman–Crippen MR) is 149 cm³/mol. The van der Waals surface area contributed by atoms with Crippen LogP contribution in [0.15, 0.2) is 84.9 Å². The fourth-order valence-corrected chi connectivity index (χ4v) is 8.99. The summed E-state index contributed by atoms with van der Waals surface area (Å²) >= 11 is 0. The van der Waals surface area contributed by atoms with Crippen LogP contribution in [0.1, 0.15) is 45.5 Å². The zero-order valence-electron chi connectivity index (χ0n) is 21.0. The van der Waals surface area contributed by atoms with Crippen molar-refractivity contribution in [3.8, 4) is 11.5 Å². The molecule has 0 saturated carbocycles. The van der Waals surface area contributed by atoms with Crippen molar-refractivity contribution in [2.45, 2.75) is 31.1 Å². The quantitative estimate of drug-likeness (QED) is 0.358. The molecule has 0 amide bonds. The molecule has 0 heterocycles. The Kier molecular flexibility index (Phi) is 6.01. The van der Waals surface area contributed by atoms with Crippen LogP contribution >= 0.6 is 7.92 Å². The van der Waals surface area contributed by atoms with Gasteiger partial charge < -0.3 is 14.6 Å². The van der Waals surface area contributed by atoms with Gasteiger partial charge >= 0.3 is 5.97 Å². The number of methoxy groups -OCH3 is 2. The summed E-state index contributed by atoms with van der Waals surface area (Å²) in [4.78, 5) is 12.4. The van der Waals surface area contributed by atoms with E-state index in [1.54, 1.807) is 20.3 Å². The summed E-state index contributed by atoms with van der Waals surface area (Å²) in [7, 11) is 2.48. The highest BCUT2D eigenvalue weighted by Crippen LogP contribution is 2.55. The molecule has 4 nitrogen and oxygen atoms in total. The van der Waals surface area contributed by atoms with Crippen molar-refractivity contribution in [1.29, 1.82) is 0 Å². The smallest absolute Gasteiger partial charge is 0.336 e. The van der Waals surface area contributed by atoms with Crippen molar-refractivity contribution < 1.29 is 19.4 Å². The summed E-state index contributed by atoms with van der Waals surface area (Å²) in [6.45, 7) is 0. The number of fused-ring (bicyclic) bond motifs is 4. The largest absolute Gasteiger partial charge is 0.497 e. The van der Waals surface area contributed by atoms with Gasteiger partial charge in [-0.3, -0.25) is 0 Å². The minimum Gasteiger partial charge on any atom is -0.497 e. The van der Waals surface area contributed by atoms with Crippen molar-refractivity contribution >= 4 is 29.8 Å². The van der Waals surface area contributed by atoms with E-state index in [1.807, 2.05) is 30.3 Å². The van der Waals surface area contributed by atoms with Crippen molar-refractivity contribution in [2.75, 3.05) is 14.2 Å². The van der Waals surface area contributed by atoms with Crippen LogP contribution < -0.4 is 25.4 Å². The Bertz CT molecular complexity index is 1420. The average Bonchev–Trinajstić information content (AvgIpc) is 3.51. The maximum atomic E-state index is 12.4. The summed E-state index contributed by atoms with van der Waals surface area (Å²) < 4.78 is 10.9. The maximum Gasteiger partial charge on any atom is 0.336 e. The van der Waals surface area contributed by atoms with E-state index >= 15 is 0 Å². The molecule has 0 fully saturated rings. The van der Waals surface area contributed by atoms with Gasteiger partial charge in [-0.1, -0.05) is 54.6 Å². The summed E-state index contributed by atoms with van der Waals surface area (Å²) in [5.41, 5.74) is 5.10. The molecule has 1 N–H and O–H groups in total. The third-order valence-electron chi connectivity index (χ3n) is 8.01. The maximum absolute atomic E-state index is 12.4. The SMILES string of the molecule is COc1ccc(P(c2ccc(OC)cc2)c2cccc3c2[C@@]2(CCc4cccc(C(=O)O)c42)CC3)cc1. The molecule has 37 heavy (non-hydrogen) atoms. The number of benzene rings is 4. The number of aromatic carboxylic acids is 1. The third kappa shape index (κ3) is 3.83. The Hall–Kier alpha value is -3.62. The predicted octanol–water partition coefficient (Wildman–Crippen LogP) is 5.34. The lowest BCUT2D eigenvalue weighted by molar-refractivity contribution is 0.0694. The molecule has 2 aliphatic rings. The standard InChI is InChI=1S/C32H29O4P/c1-35-23-9-13-25(14-10-23)37(26-15-11-24(36-2)12-16-26)28-8-4-6-22-18-20-32(30(22)28)19-17-21-5-3-7-27(29(21)32)31(33)34/h3-16H,17-20H2,1-2H3,(H,33,34)/t32-/m0/s1. The number of rotatable bonds is 6. The molecule has 4 aromatic carbocycles. The first-order valence-corrected chi connectivity index (χ1v) is 14.0. The van der Waals surface area contributed by atoms with Crippen LogP contribution in [0.3, 0.4) is 0 Å². The molecule has 2 aliphatic carbocycles. The zero-order valence-corrected chi connectivity index (χ0v) is 21.9. The molecule has 1 atom stereocenters. The van der Waals surface area contributed by atoms with Gasteiger partial charge in [0, 0.05) is 5.41 Å². The summed E-state index contributed by atoms with van der Waals surface area (Å²) in [6.07, 6.45) is 3.77. The molecule has 1 spiro atoms. The molecule has 0 aromatic heterocycles. The number of carboxylic acids is 1. The van der Waals surface area contributed by atoms with Crippen LogP contribution in [0.25, 0.3) is 0 Å². The Labute approximate surface area is 218 Å². The minimum atomic E-state index is -0.898. The Morgan fingerprint density at radius 1 is 0.730 bits per heavy atom. The van der Waals surface area contributed by atoms with Crippen molar-refractivity contribution in [1.82, 2.24) is 0 Å². The van der Waals surface area contributed by atoms with Crippen molar-refractivity contribution in [2.24, 2.45) is 0 Å². The van der Waals surface area contributed by atoms with Crippen molar-refractivity contribution in [3.05, 3.63) is 113 Å². The number of carboxylic acid groups (broad SMARTS) is 1. The second kappa shape index (κ2) is 9.36. The molecular weight excluding hydrogens is 479 g/mol. The van der Waals surface area contributed by atoms with E-state index in [1.165, 1.54) is 32.6 Å². The highest BCUT2D eigenvalue weighted by Gasteiger charge is 2.48. The first-order valence-electron chi connectivity index (χ1n) is 12.6. The van der Waals surface area contributed by atoms with E-state index in [9.17, 15) is 9.90 Å². The molecule has 6 rings (SSSR count). The van der Waals surface area contributed by atoms with Gasteiger partial charge in [0.05, 0.1) is 19.8 Å². The topological polar surface area (TPSA) is 55.8 Å². The number of ether oxygens (including phenoxy) is 2. The summed E-state index contributed by atoms with van der Waals surface area (Å²) in [5.74, 6) is 0.828. The highest BCUT2D eigenvalue weighted by molar-refractivity contribution is 7.80. The van der Waals surface area contributed by atoms with Crippen LogP contribution in [0.4, 0.5) is 0 Å². The van der Waals surface area contributed by atoms with Gasteiger partial charge in [0.2, 0.25) is 0 Å². The van der Waals surface area contributed by atoms with Gasteiger partial charge in [0.15, 0.2) is 0 Å². The molecular formula is C32H29O4P. The normalized spacial score (nSPS) is 17.6. The monoisotopic (exact) mass is 508 g/mol. The fraction of sp³-hybridized carbons (Fsp3) is 0.219. The number of carbonyl (C=O) groups is 1. The lowest BCUT2D eigenvalue weighted by Gasteiger charge is -2.33. The first kappa shape index (κ1) is 23.8. The molecule has 0 radical (unpaired) electrons. The van der Waals surface area contributed by atoms with Crippen LogP contribution in [0.5, 0.6) is 11.5 Å². The van der Waals surface area contributed by atoms with E-state index in [0.29, 0.717) is 5.56 Å². The molecule has 0 saturated heterocycles. The first-order chi connectivity index (χ1) is 18.1. The van der Waals surface area contributed by atoms with E-state index in [2.05, 4.69) is 48.5 Å². The highest BCUT2D eigenvalue weighted by atomic mass is 31.1. The molecule has 0 aliphatic heterocycles. The Morgan fingerprint density at radius 3 is 1.76 bits per heavy atom. The third-order valence-corrected chi connectivity index (χ3v) is 10.5. The second-order valence-corrected chi connectivity index (χ2v) is 12.0. The van der Waals surface area contributed by atoms with Gasteiger partial charge in [-0.15, -0.1) is 0 Å². The Balaban J connectivity index is 1.59. The van der Waals surface area contributed by atoms with Gasteiger partial charge in [-0.25, -0.2) is 4.79 Å². The van der Waals surface area contributed by atoms with Crippen LogP contribution in [0.2, 0.25) is 0 Å². The lowest BCUT2D eigenvalue weighted by atomic mass is 9.75. The molecule has 0 unspecified atom stereocenters. The number of aryl methyl sites for hydroxylation is 2. The van der Waals surface area contributed by atoms with Crippen LogP contribution in [-0.4, -0.2) is 25.3 Å². The van der Waals surface area contributed by atoms with Crippen LogP contribution in [-0.2, 0) is 18.3 Å². The van der Waals surface area contributed by atoms with E-state index in [0.717, 1.165) is 42.7 Å². The number of hydrogen-bond donors (Lipinski definition) is 1. The summed E-state index contributed by atoms with van der Waals surface area (Å²) in [6, 6.07) is 29.3. The van der Waals surface area contributed by atoms with Gasteiger partial charge in [-0.05, 0) is 102 Å².